The lowest BCUT2D eigenvalue weighted by atomic mass is 10.0. The van der Waals surface area contributed by atoms with E-state index in [1.165, 1.54) is 31.3 Å². The first kappa shape index (κ1) is 34.0. The van der Waals surface area contributed by atoms with E-state index in [1.54, 1.807) is 24.3 Å². The van der Waals surface area contributed by atoms with Gasteiger partial charge in [-0.25, -0.2) is 8.42 Å². The van der Waals surface area contributed by atoms with Crippen molar-refractivity contribution in [2.24, 2.45) is 0 Å². The van der Waals surface area contributed by atoms with Crippen molar-refractivity contribution in [1.29, 1.82) is 0 Å². The first-order valence-corrected chi connectivity index (χ1v) is 16.0. The Morgan fingerprint density at radius 3 is 2.19 bits per heavy atom. The van der Waals surface area contributed by atoms with Gasteiger partial charge in [-0.1, -0.05) is 59.6 Å². The van der Waals surface area contributed by atoms with Gasteiger partial charge in [-0.3, -0.25) is 13.9 Å². The number of benzene rings is 3. The van der Waals surface area contributed by atoms with Crippen molar-refractivity contribution in [2.75, 3.05) is 31.3 Å². The first-order valence-electron chi connectivity index (χ1n) is 13.4. The number of anilines is 1. The number of amides is 2. The summed E-state index contributed by atoms with van der Waals surface area (Å²) in [4.78, 5) is 29.5. The van der Waals surface area contributed by atoms with Crippen LogP contribution in [-0.4, -0.2) is 63.7 Å². The maximum absolute atomic E-state index is 14.3. The summed E-state index contributed by atoms with van der Waals surface area (Å²) in [5.41, 5.74) is 0.887. The predicted octanol–water partition coefficient (Wildman–Crippen LogP) is 5.33. The van der Waals surface area contributed by atoms with Gasteiger partial charge < -0.3 is 19.7 Å². The van der Waals surface area contributed by atoms with Crippen LogP contribution in [0, 0.1) is 0 Å². The van der Waals surface area contributed by atoms with Gasteiger partial charge in [0.05, 0.1) is 26.2 Å². The number of nitrogens with zero attached hydrogens (tertiary/aromatic N) is 2. The van der Waals surface area contributed by atoms with E-state index in [0.717, 1.165) is 16.1 Å². The van der Waals surface area contributed by atoms with Crippen LogP contribution in [0.25, 0.3) is 0 Å². The van der Waals surface area contributed by atoms with Crippen molar-refractivity contribution in [2.45, 2.75) is 45.3 Å². The van der Waals surface area contributed by atoms with Crippen LogP contribution in [0.3, 0.4) is 0 Å². The van der Waals surface area contributed by atoms with Crippen molar-refractivity contribution in [3.05, 3.63) is 87.9 Å². The van der Waals surface area contributed by atoms with E-state index in [4.69, 9.17) is 32.7 Å². The smallest absolute Gasteiger partial charge is 0.244 e. The van der Waals surface area contributed by atoms with Crippen LogP contribution in [0.1, 0.15) is 31.9 Å². The minimum atomic E-state index is -4.00. The maximum atomic E-state index is 14.3. The predicted molar refractivity (Wildman–Crippen MR) is 171 cm³/mol. The second-order valence-electron chi connectivity index (χ2n) is 11.0. The number of rotatable bonds is 12. The standard InChI is InChI=1S/C31H37Cl2N3O6S/c1-31(2,3)34-30(38)27(16-21-10-8-7-9-11-21)35(19-22-12-13-23(32)17-25(22)33)29(37)20-36(43(6,39)40)26-15-14-24(41-4)18-28(26)42-5/h7-15,17-18,27H,16,19-20H2,1-6H3,(H,34,38)/t27-/m1/s1. The van der Waals surface area contributed by atoms with Crippen molar-refractivity contribution in [3.63, 3.8) is 0 Å². The minimum absolute atomic E-state index is 0.0821. The molecular formula is C31H37Cl2N3O6S. The Hall–Kier alpha value is -3.47. The van der Waals surface area contributed by atoms with E-state index in [2.05, 4.69) is 5.32 Å². The van der Waals surface area contributed by atoms with Crippen LogP contribution in [0.5, 0.6) is 11.5 Å². The molecule has 0 spiro atoms. The van der Waals surface area contributed by atoms with Gasteiger partial charge in [-0.15, -0.1) is 0 Å². The summed E-state index contributed by atoms with van der Waals surface area (Å²) >= 11 is 12.6. The lowest BCUT2D eigenvalue weighted by molar-refractivity contribution is -0.140. The van der Waals surface area contributed by atoms with Crippen LogP contribution in [-0.2, 0) is 32.6 Å². The van der Waals surface area contributed by atoms with Gasteiger partial charge in [-0.05, 0) is 56.2 Å². The quantitative estimate of drug-likeness (QED) is 0.284. The lowest BCUT2D eigenvalue weighted by Crippen LogP contribution is -2.56. The number of ether oxygens (including phenoxy) is 2. The van der Waals surface area contributed by atoms with E-state index in [1.807, 2.05) is 51.1 Å². The van der Waals surface area contributed by atoms with E-state index < -0.39 is 40.0 Å². The fraction of sp³-hybridized carbons (Fsp3) is 0.355. The highest BCUT2D eigenvalue weighted by molar-refractivity contribution is 7.92. The lowest BCUT2D eigenvalue weighted by Gasteiger charge is -2.35. The summed E-state index contributed by atoms with van der Waals surface area (Å²) in [6.07, 6.45) is 1.17. The number of nitrogens with one attached hydrogen (secondary N) is 1. The Morgan fingerprint density at radius 1 is 0.953 bits per heavy atom. The summed E-state index contributed by atoms with van der Waals surface area (Å²) in [6.45, 7) is 4.83. The normalized spacial score (nSPS) is 12.3. The van der Waals surface area contributed by atoms with Gasteiger partial charge in [0.15, 0.2) is 0 Å². The van der Waals surface area contributed by atoms with E-state index >= 15 is 0 Å². The van der Waals surface area contributed by atoms with Crippen LogP contribution < -0.4 is 19.1 Å². The first-order chi connectivity index (χ1) is 20.1. The molecular weight excluding hydrogens is 613 g/mol. The molecule has 2 amide bonds. The van der Waals surface area contributed by atoms with Crippen molar-refractivity contribution >= 4 is 50.7 Å². The van der Waals surface area contributed by atoms with E-state index in [9.17, 15) is 18.0 Å². The molecule has 3 rings (SSSR count). The Bertz CT molecular complexity index is 1540. The van der Waals surface area contributed by atoms with Crippen LogP contribution in [0.2, 0.25) is 10.0 Å². The summed E-state index contributed by atoms with van der Waals surface area (Å²) in [7, 11) is -1.13. The highest BCUT2D eigenvalue weighted by Gasteiger charge is 2.35. The Kier molecular flexibility index (Phi) is 11.3. The number of hydrogen-bond acceptors (Lipinski definition) is 6. The van der Waals surface area contributed by atoms with Crippen molar-refractivity contribution < 1.29 is 27.5 Å². The Balaban J connectivity index is 2.14. The number of methoxy groups -OCH3 is 2. The molecule has 0 saturated heterocycles. The fourth-order valence-corrected chi connectivity index (χ4v) is 5.75. The van der Waals surface area contributed by atoms with Gasteiger partial charge in [0.1, 0.15) is 24.1 Å². The van der Waals surface area contributed by atoms with Crippen molar-refractivity contribution in [1.82, 2.24) is 10.2 Å². The van der Waals surface area contributed by atoms with Gasteiger partial charge in [0.25, 0.3) is 0 Å². The number of carbonyl (C=O) groups excluding carboxylic acids is 2. The molecule has 232 valence electrons. The molecule has 0 aromatic heterocycles. The number of sulfonamides is 1. The summed E-state index contributed by atoms with van der Waals surface area (Å²) in [5.74, 6) is -0.389. The summed E-state index contributed by atoms with van der Waals surface area (Å²) in [5, 5.41) is 3.69. The van der Waals surface area contributed by atoms with Crippen LogP contribution in [0.15, 0.2) is 66.7 Å². The molecule has 43 heavy (non-hydrogen) atoms. The molecule has 1 N–H and O–H groups in total. The third-order valence-corrected chi connectivity index (χ3v) is 8.17. The number of hydrogen-bond donors (Lipinski definition) is 1. The van der Waals surface area contributed by atoms with Crippen molar-refractivity contribution in [3.8, 4) is 11.5 Å². The molecule has 0 fully saturated rings. The van der Waals surface area contributed by atoms with Gasteiger partial charge in [-0.2, -0.15) is 0 Å². The second kappa shape index (κ2) is 14.3. The molecule has 0 aliphatic carbocycles. The second-order valence-corrected chi connectivity index (χ2v) is 13.8. The van der Waals surface area contributed by atoms with Gasteiger partial charge in [0, 0.05) is 34.6 Å². The van der Waals surface area contributed by atoms with E-state index in [0.29, 0.717) is 21.4 Å². The number of halogens is 2. The molecule has 3 aromatic rings. The molecule has 0 heterocycles. The zero-order chi connectivity index (χ0) is 31.9. The van der Waals surface area contributed by atoms with Crippen LogP contribution >= 0.6 is 23.2 Å². The molecule has 0 aliphatic rings. The summed E-state index contributed by atoms with van der Waals surface area (Å²) < 4.78 is 37.8. The van der Waals surface area contributed by atoms with Gasteiger partial charge in [0.2, 0.25) is 21.8 Å². The largest absolute Gasteiger partial charge is 0.497 e. The third-order valence-electron chi connectivity index (χ3n) is 6.46. The van der Waals surface area contributed by atoms with E-state index in [-0.39, 0.29) is 24.4 Å². The molecule has 12 heteroatoms. The Labute approximate surface area is 263 Å². The minimum Gasteiger partial charge on any atom is -0.497 e. The molecule has 0 aliphatic heterocycles. The third kappa shape index (κ3) is 9.51. The van der Waals surface area contributed by atoms with Crippen LogP contribution in [0.4, 0.5) is 5.69 Å². The SMILES string of the molecule is COc1ccc(N(CC(=O)N(Cc2ccc(Cl)cc2Cl)[C@H](Cc2ccccc2)C(=O)NC(C)(C)C)S(C)(=O)=O)c(OC)c1. The number of carbonyl (C=O) groups is 2. The maximum Gasteiger partial charge on any atom is 0.244 e. The fourth-order valence-electron chi connectivity index (χ4n) is 4.43. The zero-order valence-electron chi connectivity index (χ0n) is 25.1. The zero-order valence-corrected chi connectivity index (χ0v) is 27.4. The topological polar surface area (TPSA) is 105 Å². The average Bonchev–Trinajstić information content (AvgIpc) is 2.93. The molecule has 3 aromatic carbocycles. The summed E-state index contributed by atoms with van der Waals surface area (Å²) in [6, 6.07) is 17.7. The monoisotopic (exact) mass is 649 g/mol. The highest BCUT2D eigenvalue weighted by atomic mass is 35.5. The molecule has 9 nitrogen and oxygen atoms in total. The molecule has 0 radical (unpaired) electrons. The molecule has 0 unspecified atom stereocenters. The van der Waals surface area contributed by atoms with Gasteiger partial charge >= 0.3 is 0 Å². The average molecular weight is 651 g/mol. The molecule has 0 bridgehead atoms. The Morgan fingerprint density at radius 2 is 1.63 bits per heavy atom. The molecule has 0 saturated carbocycles. The molecule has 1 atom stereocenters. The highest BCUT2D eigenvalue weighted by Crippen LogP contribution is 2.34.